The van der Waals surface area contributed by atoms with E-state index < -0.39 is 17.5 Å². The van der Waals surface area contributed by atoms with Crippen LogP contribution in [0.1, 0.15) is 17.4 Å². The van der Waals surface area contributed by atoms with Gasteiger partial charge in [0.2, 0.25) is 0 Å². The molecule has 8 heteroatoms. The van der Waals surface area contributed by atoms with Crippen LogP contribution in [0.15, 0.2) is 42.6 Å². The van der Waals surface area contributed by atoms with Crippen LogP contribution in [0.2, 0.25) is 0 Å². The third kappa shape index (κ3) is 2.46. The van der Waals surface area contributed by atoms with E-state index in [2.05, 4.69) is 15.3 Å². The van der Waals surface area contributed by atoms with E-state index in [-0.39, 0.29) is 28.1 Å². The van der Waals surface area contributed by atoms with Gasteiger partial charge in [-0.15, -0.1) is 5.10 Å². The third-order valence-electron chi connectivity index (χ3n) is 4.05. The second-order valence-corrected chi connectivity index (χ2v) is 5.75. The van der Waals surface area contributed by atoms with E-state index in [1.165, 1.54) is 42.1 Å². The Morgan fingerprint density at radius 1 is 1.08 bits per heavy atom. The normalized spacial score (nSPS) is 11.2. The van der Waals surface area contributed by atoms with E-state index in [0.29, 0.717) is 11.3 Å². The summed E-state index contributed by atoms with van der Waals surface area (Å²) in [5.41, 5.74) is 1.33. The average molecular weight is 356 g/mol. The van der Waals surface area contributed by atoms with Crippen LogP contribution in [0.4, 0.5) is 13.2 Å². The van der Waals surface area contributed by atoms with Crippen molar-refractivity contribution >= 4 is 16.7 Å². The molecule has 0 amide bonds. The molecule has 0 radical (unpaired) electrons. The van der Waals surface area contributed by atoms with Crippen molar-refractivity contribution < 1.29 is 18.0 Å². The number of benzene rings is 2. The average Bonchev–Trinajstić information content (AvgIpc) is 3.19. The standard InChI is InChI=1S/C18H11F3N4O/c1-9(26)15-8-22-24-25(15)18-13-6-12(20)7-14(21)17(13)23-16(18)10-2-4-11(19)5-3-10/h2-8,23H,1H3. The molecule has 0 atom stereocenters. The van der Waals surface area contributed by atoms with Crippen molar-refractivity contribution in [1.82, 2.24) is 20.0 Å². The number of hydrogen-bond acceptors (Lipinski definition) is 3. The van der Waals surface area contributed by atoms with Gasteiger partial charge in [-0.05, 0) is 30.3 Å². The van der Waals surface area contributed by atoms with Crippen LogP contribution in [0.3, 0.4) is 0 Å². The number of nitrogens with one attached hydrogen (secondary N) is 1. The lowest BCUT2D eigenvalue weighted by atomic mass is 10.1. The second kappa shape index (κ2) is 5.83. The molecule has 0 spiro atoms. The quantitative estimate of drug-likeness (QED) is 0.564. The van der Waals surface area contributed by atoms with Crippen LogP contribution in [-0.2, 0) is 0 Å². The molecule has 0 aliphatic heterocycles. The minimum absolute atomic E-state index is 0.0470. The van der Waals surface area contributed by atoms with Gasteiger partial charge in [-0.2, -0.15) is 0 Å². The van der Waals surface area contributed by atoms with E-state index in [0.717, 1.165) is 12.1 Å². The van der Waals surface area contributed by atoms with Crippen LogP contribution in [0.25, 0.3) is 27.8 Å². The van der Waals surface area contributed by atoms with Crippen molar-refractivity contribution in [2.45, 2.75) is 6.92 Å². The number of fused-ring (bicyclic) bond motifs is 1. The van der Waals surface area contributed by atoms with Gasteiger partial charge in [-0.25, -0.2) is 17.9 Å². The molecule has 0 saturated carbocycles. The van der Waals surface area contributed by atoms with Crippen LogP contribution < -0.4 is 0 Å². The first-order valence-corrected chi connectivity index (χ1v) is 7.64. The number of nitrogens with zero attached hydrogens (tertiary/aromatic N) is 3. The summed E-state index contributed by atoms with van der Waals surface area (Å²) in [6.45, 7) is 1.34. The van der Waals surface area contributed by atoms with Gasteiger partial charge < -0.3 is 4.98 Å². The number of halogens is 3. The molecule has 2 heterocycles. The van der Waals surface area contributed by atoms with Gasteiger partial charge >= 0.3 is 0 Å². The predicted molar refractivity (Wildman–Crippen MR) is 88.5 cm³/mol. The number of ketones is 1. The Hall–Kier alpha value is -3.42. The van der Waals surface area contributed by atoms with Gasteiger partial charge in [-0.1, -0.05) is 5.21 Å². The molecule has 5 nitrogen and oxygen atoms in total. The van der Waals surface area contributed by atoms with Crippen LogP contribution in [0, 0.1) is 17.5 Å². The zero-order valence-corrected chi connectivity index (χ0v) is 13.4. The molecule has 130 valence electrons. The van der Waals surface area contributed by atoms with E-state index in [4.69, 9.17) is 0 Å². The van der Waals surface area contributed by atoms with Crippen molar-refractivity contribution in [2.75, 3.05) is 0 Å². The number of carbonyl (C=O) groups is 1. The molecule has 2 aromatic heterocycles. The first kappa shape index (κ1) is 16.1. The molecule has 4 aromatic rings. The van der Waals surface area contributed by atoms with E-state index in [9.17, 15) is 18.0 Å². The van der Waals surface area contributed by atoms with Gasteiger partial charge in [0.1, 0.15) is 28.8 Å². The van der Waals surface area contributed by atoms with Crippen molar-refractivity contribution in [1.29, 1.82) is 0 Å². The molecule has 0 aliphatic rings. The SMILES string of the molecule is CC(=O)c1cnnn1-c1c(-c2ccc(F)cc2)[nH]c2c(F)cc(F)cc12. The van der Waals surface area contributed by atoms with E-state index in [1.807, 2.05) is 0 Å². The van der Waals surface area contributed by atoms with Gasteiger partial charge in [0.15, 0.2) is 5.78 Å². The summed E-state index contributed by atoms with van der Waals surface area (Å²) >= 11 is 0. The number of aromatic nitrogens is 4. The Labute approximate surface area is 145 Å². The second-order valence-electron chi connectivity index (χ2n) is 5.75. The first-order chi connectivity index (χ1) is 12.5. The topological polar surface area (TPSA) is 63.6 Å². The lowest BCUT2D eigenvalue weighted by Gasteiger charge is -2.07. The lowest BCUT2D eigenvalue weighted by molar-refractivity contribution is 0.101. The maximum absolute atomic E-state index is 14.3. The Bertz CT molecular complexity index is 1150. The molecular formula is C18H11F3N4O. The zero-order valence-electron chi connectivity index (χ0n) is 13.4. The molecule has 1 N–H and O–H groups in total. The maximum atomic E-state index is 14.3. The van der Waals surface area contributed by atoms with Crippen LogP contribution in [-0.4, -0.2) is 25.8 Å². The minimum Gasteiger partial charge on any atom is -0.350 e. The fourth-order valence-electron chi connectivity index (χ4n) is 2.89. The third-order valence-corrected chi connectivity index (χ3v) is 4.05. The smallest absolute Gasteiger partial charge is 0.179 e. The highest BCUT2D eigenvalue weighted by molar-refractivity contribution is 5.99. The first-order valence-electron chi connectivity index (χ1n) is 7.64. The number of carbonyl (C=O) groups excluding carboxylic acids is 1. The Balaban J connectivity index is 2.11. The van der Waals surface area contributed by atoms with E-state index >= 15 is 0 Å². The fourth-order valence-corrected chi connectivity index (χ4v) is 2.89. The lowest BCUT2D eigenvalue weighted by Crippen LogP contribution is -2.07. The number of aromatic amines is 1. The van der Waals surface area contributed by atoms with Gasteiger partial charge in [-0.3, -0.25) is 4.79 Å². The molecule has 26 heavy (non-hydrogen) atoms. The van der Waals surface area contributed by atoms with Crippen molar-refractivity contribution in [3.05, 3.63) is 65.7 Å². The summed E-state index contributed by atoms with van der Waals surface area (Å²) in [6.07, 6.45) is 1.27. The molecule has 0 aliphatic carbocycles. The Kier molecular flexibility index (Phi) is 3.61. The number of hydrogen-bond donors (Lipinski definition) is 1. The highest BCUT2D eigenvalue weighted by Crippen LogP contribution is 2.35. The maximum Gasteiger partial charge on any atom is 0.179 e. The molecule has 0 bridgehead atoms. The number of H-pyrrole nitrogens is 1. The summed E-state index contributed by atoms with van der Waals surface area (Å²) in [7, 11) is 0. The number of Topliss-reactive ketones (excluding diaryl/α,β-unsaturated/α-hetero) is 1. The van der Waals surface area contributed by atoms with Crippen molar-refractivity contribution in [2.24, 2.45) is 0 Å². The molecule has 0 saturated heterocycles. The Morgan fingerprint density at radius 2 is 1.81 bits per heavy atom. The van der Waals surface area contributed by atoms with Crippen molar-refractivity contribution in [3.8, 4) is 16.9 Å². The number of rotatable bonds is 3. The Morgan fingerprint density at radius 3 is 2.50 bits per heavy atom. The molecule has 2 aromatic carbocycles. The fraction of sp³-hybridized carbons (Fsp3) is 0.0556. The molecular weight excluding hydrogens is 345 g/mol. The largest absolute Gasteiger partial charge is 0.350 e. The summed E-state index contributed by atoms with van der Waals surface area (Å²) in [6, 6.07) is 7.36. The molecule has 0 unspecified atom stereocenters. The summed E-state index contributed by atoms with van der Waals surface area (Å²) < 4.78 is 42.6. The minimum atomic E-state index is -0.792. The van der Waals surface area contributed by atoms with Crippen LogP contribution in [0.5, 0.6) is 0 Å². The molecule has 4 rings (SSSR count). The van der Waals surface area contributed by atoms with E-state index in [1.54, 1.807) is 0 Å². The molecule has 0 fully saturated rings. The van der Waals surface area contributed by atoms with Gasteiger partial charge in [0.05, 0.1) is 17.4 Å². The predicted octanol–water partition coefficient (Wildman–Crippen LogP) is 4.04. The highest BCUT2D eigenvalue weighted by Gasteiger charge is 2.22. The highest BCUT2D eigenvalue weighted by atomic mass is 19.1. The zero-order chi connectivity index (χ0) is 18.4. The summed E-state index contributed by atoms with van der Waals surface area (Å²) in [4.78, 5) is 14.8. The van der Waals surface area contributed by atoms with Crippen LogP contribution >= 0.6 is 0 Å². The summed E-state index contributed by atoms with van der Waals surface area (Å²) in [5, 5.41) is 7.82. The summed E-state index contributed by atoms with van der Waals surface area (Å²) in [5.74, 6) is -2.32. The monoisotopic (exact) mass is 356 g/mol. The van der Waals surface area contributed by atoms with Gasteiger partial charge in [0.25, 0.3) is 0 Å². The van der Waals surface area contributed by atoms with Gasteiger partial charge in [0, 0.05) is 23.9 Å². The van der Waals surface area contributed by atoms with Crippen molar-refractivity contribution in [3.63, 3.8) is 0 Å².